The van der Waals surface area contributed by atoms with Crippen LogP contribution >= 0.6 is 27.3 Å². The third kappa shape index (κ3) is 3.07. The van der Waals surface area contributed by atoms with Crippen molar-refractivity contribution in [3.05, 3.63) is 21.7 Å². The summed E-state index contributed by atoms with van der Waals surface area (Å²) in [7, 11) is 0. The van der Waals surface area contributed by atoms with Crippen LogP contribution in [0.1, 0.15) is 5.01 Å². The zero-order chi connectivity index (χ0) is 15.7. The molecule has 0 unspecified atom stereocenters. The number of fused-ring (bicyclic) bond motifs is 1. The number of pyridine rings is 1. The van der Waals surface area contributed by atoms with Crippen molar-refractivity contribution in [3.63, 3.8) is 0 Å². The van der Waals surface area contributed by atoms with E-state index in [2.05, 4.69) is 36.4 Å². The molecule has 2 aromatic heterocycles. The Balaban J connectivity index is 1.78. The maximum Gasteiger partial charge on any atom is 0.266 e. The van der Waals surface area contributed by atoms with Gasteiger partial charge in [0.25, 0.3) is 5.91 Å². The summed E-state index contributed by atoms with van der Waals surface area (Å²) < 4.78 is 5.85. The van der Waals surface area contributed by atoms with Crippen LogP contribution in [0.25, 0.3) is 0 Å². The third-order valence-corrected chi connectivity index (χ3v) is 3.98. The number of hydrogen-bond acceptors (Lipinski definition) is 7. The number of ether oxygens (including phenoxy) is 1. The largest absolute Gasteiger partial charge is 0.480 e. The Hall–Kier alpha value is -2.07. The number of halogens is 1. The summed E-state index contributed by atoms with van der Waals surface area (Å²) in [5, 5.41) is 11.4. The number of carbonyl (C=O) groups is 2. The van der Waals surface area contributed by atoms with Gasteiger partial charge in [0.15, 0.2) is 18.2 Å². The number of hydrogen-bond donors (Lipinski definition) is 1. The second-order valence-electron chi connectivity index (χ2n) is 4.40. The topological polar surface area (TPSA) is 97.3 Å². The molecular formula is C12H10BrN5O3S. The van der Waals surface area contributed by atoms with Crippen molar-refractivity contribution in [2.24, 2.45) is 0 Å². The number of aryl methyl sites for hydroxylation is 1. The number of carbonyl (C=O) groups excluding carboxylic acids is 2. The van der Waals surface area contributed by atoms with Crippen LogP contribution in [-0.4, -0.2) is 40.1 Å². The molecule has 0 saturated heterocycles. The lowest BCUT2D eigenvalue weighted by Crippen LogP contribution is -2.44. The van der Waals surface area contributed by atoms with Crippen LogP contribution in [0, 0.1) is 6.92 Å². The minimum absolute atomic E-state index is 0.124. The molecule has 0 radical (unpaired) electrons. The van der Waals surface area contributed by atoms with Gasteiger partial charge in [-0.25, -0.2) is 4.98 Å². The van der Waals surface area contributed by atoms with E-state index in [0.717, 1.165) is 5.01 Å². The predicted molar refractivity (Wildman–Crippen MR) is 83.1 cm³/mol. The van der Waals surface area contributed by atoms with Gasteiger partial charge in [-0.2, -0.15) is 0 Å². The standard InChI is InChI=1S/C12H10BrN5O3S/c1-6-16-17-12(22-6)15-9(19)4-18-10(20)5-21-7-2-3-8(13)14-11(7)18/h2-3H,4-5H2,1H3,(H,15,17,19). The summed E-state index contributed by atoms with van der Waals surface area (Å²) in [4.78, 5) is 29.6. The number of nitrogens with zero attached hydrogens (tertiary/aromatic N) is 4. The summed E-state index contributed by atoms with van der Waals surface area (Å²) >= 11 is 4.50. The molecule has 3 heterocycles. The molecular weight excluding hydrogens is 374 g/mol. The molecule has 3 rings (SSSR count). The number of amides is 2. The smallest absolute Gasteiger partial charge is 0.266 e. The molecule has 114 valence electrons. The predicted octanol–water partition coefficient (Wildman–Crippen LogP) is 1.37. The van der Waals surface area contributed by atoms with Gasteiger partial charge in [-0.1, -0.05) is 11.3 Å². The zero-order valence-electron chi connectivity index (χ0n) is 11.4. The highest BCUT2D eigenvalue weighted by atomic mass is 79.9. The highest BCUT2D eigenvalue weighted by Gasteiger charge is 2.29. The van der Waals surface area contributed by atoms with Gasteiger partial charge in [0, 0.05) is 0 Å². The Morgan fingerprint density at radius 2 is 2.32 bits per heavy atom. The first kappa shape index (κ1) is 14.9. The van der Waals surface area contributed by atoms with Crippen molar-refractivity contribution >= 4 is 50.0 Å². The third-order valence-electron chi connectivity index (χ3n) is 2.79. The second kappa shape index (κ2) is 5.97. The highest BCUT2D eigenvalue weighted by molar-refractivity contribution is 9.10. The fourth-order valence-electron chi connectivity index (χ4n) is 1.87. The van der Waals surface area contributed by atoms with Crippen LogP contribution in [0.5, 0.6) is 5.75 Å². The van der Waals surface area contributed by atoms with Crippen LogP contribution in [-0.2, 0) is 9.59 Å². The Morgan fingerprint density at radius 1 is 1.50 bits per heavy atom. The molecule has 0 atom stereocenters. The van der Waals surface area contributed by atoms with Crippen LogP contribution in [0.4, 0.5) is 10.9 Å². The molecule has 0 spiro atoms. The van der Waals surface area contributed by atoms with Crippen LogP contribution < -0.4 is 15.0 Å². The maximum atomic E-state index is 12.1. The molecule has 0 bridgehead atoms. The van der Waals surface area contributed by atoms with Gasteiger partial charge >= 0.3 is 0 Å². The van der Waals surface area contributed by atoms with Gasteiger partial charge in [-0.3, -0.25) is 19.8 Å². The zero-order valence-corrected chi connectivity index (χ0v) is 13.8. The molecule has 1 aliphatic rings. The molecule has 0 aliphatic carbocycles. The molecule has 1 N–H and O–H groups in total. The van der Waals surface area contributed by atoms with Gasteiger partial charge in [0.2, 0.25) is 11.0 Å². The Morgan fingerprint density at radius 3 is 3.05 bits per heavy atom. The summed E-state index contributed by atoms with van der Waals surface area (Å²) in [5.41, 5.74) is 0. The van der Waals surface area contributed by atoms with E-state index >= 15 is 0 Å². The second-order valence-corrected chi connectivity index (χ2v) is 6.39. The summed E-state index contributed by atoms with van der Waals surface area (Å²) in [6.45, 7) is 1.50. The van der Waals surface area contributed by atoms with Crippen molar-refractivity contribution in [2.75, 3.05) is 23.4 Å². The van der Waals surface area contributed by atoms with Crippen LogP contribution in [0.15, 0.2) is 16.7 Å². The molecule has 0 aromatic carbocycles. The van der Waals surface area contributed by atoms with Gasteiger partial charge in [0.05, 0.1) is 0 Å². The first-order chi connectivity index (χ1) is 10.5. The first-order valence-corrected chi connectivity index (χ1v) is 7.83. The quantitative estimate of drug-likeness (QED) is 0.803. The summed E-state index contributed by atoms with van der Waals surface area (Å²) in [6.07, 6.45) is 0. The molecule has 8 nitrogen and oxygen atoms in total. The minimum atomic E-state index is -0.376. The number of aromatic nitrogens is 3. The Kier molecular flexibility index (Phi) is 4.03. The molecule has 10 heteroatoms. The van der Waals surface area contributed by atoms with Crippen molar-refractivity contribution in [2.45, 2.75) is 6.92 Å². The average molecular weight is 384 g/mol. The van der Waals surface area contributed by atoms with Crippen molar-refractivity contribution in [3.8, 4) is 5.75 Å². The maximum absolute atomic E-state index is 12.1. The lowest BCUT2D eigenvalue weighted by atomic mass is 10.3. The highest BCUT2D eigenvalue weighted by Crippen LogP contribution is 2.31. The number of anilines is 2. The first-order valence-electron chi connectivity index (χ1n) is 6.22. The number of rotatable bonds is 3. The lowest BCUT2D eigenvalue weighted by molar-refractivity contribution is -0.123. The van der Waals surface area contributed by atoms with Gasteiger partial charge < -0.3 is 4.74 Å². The van der Waals surface area contributed by atoms with E-state index in [-0.39, 0.29) is 25.0 Å². The fraction of sp³-hybridized carbons (Fsp3) is 0.250. The van der Waals surface area contributed by atoms with Crippen molar-refractivity contribution < 1.29 is 14.3 Å². The molecule has 0 fully saturated rings. The summed E-state index contributed by atoms with van der Waals surface area (Å²) in [6, 6.07) is 3.40. The normalized spacial score (nSPS) is 13.5. The van der Waals surface area contributed by atoms with E-state index in [1.807, 2.05) is 0 Å². The fourth-order valence-corrected chi connectivity index (χ4v) is 2.77. The van der Waals surface area contributed by atoms with Gasteiger partial charge in [-0.05, 0) is 35.0 Å². The van der Waals surface area contributed by atoms with E-state index < -0.39 is 0 Å². The van der Waals surface area contributed by atoms with E-state index in [1.165, 1.54) is 16.2 Å². The number of nitrogens with one attached hydrogen (secondary N) is 1. The molecule has 2 aromatic rings. The van der Waals surface area contributed by atoms with Crippen molar-refractivity contribution in [1.29, 1.82) is 0 Å². The van der Waals surface area contributed by atoms with E-state index in [1.54, 1.807) is 19.1 Å². The Bertz CT molecular complexity index is 750. The molecule has 1 aliphatic heterocycles. The SMILES string of the molecule is Cc1nnc(NC(=O)CN2C(=O)COc3ccc(Br)nc32)s1. The van der Waals surface area contributed by atoms with E-state index in [0.29, 0.717) is 21.3 Å². The minimum Gasteiger partial charge on any atom is -0.480 e. The van der Waals surface area contributed by atoms with E-state index in [9.17, 15) is 9.59 Å². The van der Waals surface area contributed by atoms with Crippen molar-refractivity contribution in [1.82, 2.24) is 15.2 Å². The Labute approximate surface area is 137 Å². The lowest BCUT2D eigenvalue weighted by Gasteiger charge is -2.27. The van der Waals surface area contributed by atoms with E-state index in [4.69, 9.17) is 4.74 Å². The van der Waals surface area contributed by atoms with Gasteiger partial charge in [-0.15, -0.1) is 10.2 Å². The molecule has 0 saturated carbocycles. The average Bonchev–Trinajstić information content (AvgIpc) is 2.87. The molecule has 2 amide bonds. The van der Waals surface area contributed by atoms with Crippen LogP contribution in [0.2, 0.25) is 0 Å². The monoisotopic (exact) mass is 383 g/mol. The summed E-state index contributed by atoms with van der Waals surface area (Å²) in [5.74, 6) is 0.0670. The van der Waals surface area contributed by atoms with Crippen LogP contribution in [0.3, 0.4) is 0 Å². The van der Waals surface area contributed by atoms with Gasteiger partial charge in [0.1, 0.15) is 16.2 Å². The molecule has 22 heavy (non-hydrogen) atoms.